The second-order valence-electron chi connectivity index (χ2n) is 4.19. The van der Waals surface area contributed by atoms with Crippen molar-refractivity contribution in [1.82, 2.24) is 9.97 Å². The molecule has 6 heteroatoms. The van der Waals surface area contributed by atoms with Gasteiger partial charge >= 0.3 is 0 Å². The minimum absolute atomic E-state index is 0.187. The average Bonchev–Trinajstić information content (AvgIpc) is 2.35. The first-order chi connectivity index (χ1) is 9.04. The van der Waals surface area contributed by atoms with Crippen LogP contribution in [0.1, 0.15) is 17.4 Å². The molecule has 1 unspecified atom stereocenters. The number of nitrogens with one attached hydrogen (secondary N) is 1. The largest absolute Gasteiger partial charge is 0.399 e. The Kier molecular flexibility index (Phi) is 4.24. The molecule has 0 aliphatic heterocycles. The highest BCUT2D eigenvalue weighted by Gasteiger charge is 2.09. The molecule has 0 aliphatic carbocycles. The van der Waals surface area contributed by atoms with Crippen LogP contribution >= 0.6 is 11.8 Å². The number of aromatic nitrogens is 2. The van der Waals surface area contributed by atoms with Crippen LogP contribution in [0.2, 0.25) is 0 Å². The van der Waals surface area contributed by atoms with E-state index < -0.39 is 6.10 Å². The van der Waals surface area contributed by atoms with E-state index in [9.17, 15) is 9.90 Å². The molecular weight excluding hydrogens is 262 g/mol. The zero-order valence-corrected chi connectivity index (χ0v) is 11.3. The molecular formula is C13H15N3O2S. The number of aryl methyl sites for hydroxylation is 1. The number of H-pyrrole nitrogens is 1. The molecule has 4 N–H and O–H groups in total. The first-order valence-corrected chi connectivity index (χ1v) is 6.77. The Balaban J connectivity index is 2.04. The molecule has 0 amide bonds. The summed E-state index contributed by atoms with van der Waals surface area (Å²) in [6.45, 7) is 1.76. The van der Waals surface area contributed by atoms with Gasteiger partial charge in [-0.25, -0.2) is 4.98 Å². The predicted molar refractivity (Wildman–Crippen MR) is 76.1 cm³/mol. The summed E-state index contributed by atoms with van der Waals surface area (Å²) in [5.41, 5.74) is 7.50. The molecule has 0 spiro atoms. The van der Waals surface area contributed by atoms with E-state index in [1.165, 1.54) is 17.8 Å². The monoisotopic (exact) mass is 277 g/mol. The Hall–Kier alpha value is -1.79. The van der Waals surface area contributed by atoms with Crippen molar-refractivity contribution in [1.29, 1.82) is 0 Å². The topological polar surface area (TPSA) is 92.0 Å². The Morgan fingerprint density at radius 2 is 2.26 bits per heavy atom. The number of aromatic amines is 1. The van der Waals surface area contributed by atoms with Crippen molar-refractivity contribution >= 4 is 17.4 Å². The Labute approximate surface area is 114 Å². The smallest absolute Gasteiger partial charge is 0.251 e. The van der Waals surface area contributed by atoms with E-state index in [1.807, 2.05) is 6.07 Å². The van der Waals surface area contributed by atoms with E-state index in [0.29, 0.717) is 22.3 Å². The molecule has 0 radical (unpaired) electrons. The lowest BCUT2D eigenvalue weighted by Crippen LogP contribution is -2.09. The van der Waals surface area contributed by atoms with Crippen molar-refractivity contribution in [2.75, 3.05) is 11.5 Å². The first-order valence-electron chi connectivity index (χ1n) is 5.79. The van der Waals surface area contributed by atoms with E-state index in [4.69, 9.17) is 5.73 Å². The van der Waals surface area contributed by atoms with E-state index in [2.05, 4.69) is 9.97 Å². The summed E-state index contributed by atoms with van der Waals surface area (Å²) in [5.74, 6) is 0.399. The van der Waals surface area contributed by atoms with E-state index >= 15 is 0 Å². The maximum Gasteiger partial charge on any atom is 0.251 e. The number of nitrogens with zero attached hydrogens (tertiary/aromatic N) is 1. The normalized spacial score (nSPS) is 12.3. The van der Waals surface area contributed by atoms with Crippen molar-refractivity contribution in [2.24, 2.45) is 0 Å². The number of nitrogens with two attached hydrogens (primary N) is 1. The van der Waals surface area contributed by atoms with Crippen LogP contribution in [0.15, 0.2) is 40.3 Å². The second-order valence-corrected chi connectivity index (χ2v) is 5.20. The fourth-order valence-corrected chi connectivity index (χ4v) is 2.53. The highest BCUT2D eigenvalue weighted by molar-refractivity contribution is 7.99. The molecule has 1 heterocycles. The molecule has 0 bridgehead atoms. The summed E-state index contributed by atoms with van der Waals surface area (Å²) < 4.78 is 0. The highest BCUT2D eigenvalue weighted by Crippen LogP contribution is 2.22. The van der Waals surface area contributed by atoms with Gasteiger partial charge in [0.05, 0.1) is 6.10 Å². The summed E-state index contributed by atoms with van der Waals surface area (Å²) >= 11 is 1.30. The standard InChI is InChI=1S/C13H15N3O2S/c1-8-5-12(18)16-13(15-8)19-7-11(17)9-3-2-4-10(14)6-9/h2-6,11,17H,7,14H2,1H3,(H,15,16,18). The summed E-state index contributed by atoms with van der Waals surface area (Å²) in [6.07, 6.45) is -0.653. The van der Waals surface area contributed by atoms with Gasteiger partial charge in [0.2, 0.25) is 0 Å². The predicted octanol–water partition coefficient (Wildman–Crippen LogP) is 1.49. The fraction of sp³-hybridized carbons (Fsp3) is 0.231. The minimum Gasteiger partial charge on any atom is -0.399 e. The van der Waals surface area contributed by atoms with Crippen molar-refractivity contribution in [3.8, 4) is 0 Å². The van der Waals surface area contributed by atoms with Crippen LogP contribution in [-0.2, 0) is 0 Å². The molecule has 1 aromatic carbocycles. The molecule has 2 aromatic rings. The summed E-state index contributed by atoms with van der Waals surface area (Å²) in [4.78, 5) is 18.1. The van der Waals surface area contributed by atoms with Gasteiger partial charge in [0, 0.05) is 23.2 Å². The first kappa shape index (κ1) is 13.6. The van der Waals surface area contributed by atoms with Gasteiger partial charge < -0.3 is 15.8 Å². The highest BCUT2D eigenvalue weighted by atomic mass is 32.2. The summed E-state index contributed by atoms with van der Waals surface area (Å²) in [6, 6.07) is 8.54. The third-order valence-electron chi connectivity index (χ3n) is 2.52. The van der Waals surface area contributed by atoms with Gasteiger partial charge in [-0.15, -0.1) is 0 Å². The van der Waals surface area contributed by atoms with Crippen molar-refractivity contribution in [3.05, 3.63) is 51.9 Å². The molecule has 1 atom stereocenters. The van der Waals surface area contributed by atoms with Gasteiger partial charge in [-0.3, -0.25) is 4.79 Å². The van der Waals surface area contributed by atoms with Gasteiger partial charge in [-0.2, -0.15) is 0 Å². The van der Waals surface area contributed by atoms with E-state index in [0.717, 1.165) is 5.56 Å². The minimum atomic E-state index is -0.653. The quantitative estimate of drug-likeness (QED) is 0.447. The lowest BCUT2D eigenvalue weighted by molar-refractivity contribution is 0.204. The number of thioether (sulfide) groups is 1. The number of aliphatic hydroxyl groups excluding tert-OH is 1. The van der Waals surface area contributed by atoms with Crippen molar-refractivity contribution < 1.29 is 5.11 Å². The van der Waals surface area contributed by atoms with Crippen molar-refractivity contribution in [3.63, 3.8) is 0 Å². The van der Waals surface area contributed by atoms with Gasteiger partial charge in [0.25, 0.3) is 5.56 Å². The number of anilines is 1. The molecule has 2 rings (SSSR count). The second kappa shape index (κ2) is 5.90. The molecule has 0 aliphatic rings. The third kappa shape index (κ3) is 3.84. The molecule has 19 heavy (non-hydrogen) atoms. The SMILES string of the molecule is Cc1cc(=O)[nH]c(SCC(O)c2cccc(N)c2)n1. The Morgan fingerprint density at radius 1 is 1.47 bits per heavy atom. The van der Waals surface area contributed by atoms with Gasteiger partial charge in [-0.1, -0.05) is 23.9 Å². The van der Waals surface area contributed by atoms with Crippen LogP contribution in [0.4, 0.5) is 5.69 Å². The molecule has 0 saturated heterocycles. The van der Waals surface area contributed by atoms with Crippen LogP contribution in [0.3, 0.4) is 0 Å². The van der Waals surface area contributed by atoms with Crippen LogP contribution < -0.4 is 11.3 Å². The number of rotatable bonds is 4. The maximum absolute atomic E-state index is 11.3. The molecule has 5 nitrogen and oxygen atoms in total. The van der Waals surface area contributed by atoms with Crippen LogP contribution in [-0.4, -0.2) is 20.8 Å². The van der Waals surface area contributed by atoms with Crippen LogP contribution in [0.5, 0.6) is 0 Å². The number of hydrogen-bond acceptors (Lipinski definition) is 5. The molecule has 0 saturated carbocycles. The number of benzene rings is 1. The average molecular weight is 277 g/mol. The van der Waals surface area contributed by atoms with Gasteiger partial charge in [0.1, 0.15) is 0 Å². The van der Waals surface area contributed by atoms with Crippen molar-refractivity contribution in [2.45, 2.75) is 18.2 Å². The van der Waals surface area contributed by atoms with Crippen LogP contribution in [0.25, 0.3) is 0 Å². The summed E-state index contributed by atoms with van der Waals surface area (Å²) in [7, 11) is 0. The van der Waals surface area contributed by atoms with Crippen LogP contribution in [0, 0.1) is 6.92 Å². The molecule has 100 valence electrons. The number of aliphatic hydroxyl groups is 1. The fourth-order valence-electron chi connectivity index (χ4n) is 1.64. The third-order valence-corrected chi connectivity index (χ3v) is 3.47. The lowest BCUT2D eigenvalue weighted by Gasteiger charge is -2.10. The zero-order valence-electron chi connectivity index (χ0n) is 10.5. The number of nitrogen functional groups attached to an aromatic ring is 1. The van der Waals surface area contributed by atoms with E-state index in [1.54, 1.807) is 25.1 Å². The van der Waals surface area contributed by atoms with Gasteiger partial charge in [-0.05, 0) is 24.6 Å². The number of hydrogen-bond donors (Lipinski definition) is 3. The zero-order chi connectivity index (χ0) is 13.8. The Morgan fingerprint density at radius 3 is 2.95 bits per heavy atom. The molecule has 0 fully saturated rings. The Bertz CT molecular complexity index is 627. The van der Waals surface area contributed by atoms with Gasteiger partial charge in [0.15, 0.2) is 5.16 Å². The lowest BCUT2D eigenvalue weighted by atomic mass is 10.1. The summed E-state index contributed by atoms with van der Waals surface area (Å²) in [5, 5.41) is 10.6. The van der Waals surface area contributed by atoms with E-state index in [-0.39, 0.29) is 5.56 Å². The molecule has 1 aromatic heterocycles. The maximum atomic E-state index is 11.3.